The smallest absolute Gasteiger partial charge is 0.143 e. The summed E-state index contributed by atoms with van der Waals surface area (Å²) in [6, 6.07) is 4.44. The minimum atomic E-state index is 0.318. The summed E-state index contributed by atoms with van der Waals surface area (Å²) in [5.74, 6) is 0.883. The zero-order chi connectivity index (χ0) is 12.1. The number of halogens is 2. The van der Waals surface area contributed by atoms with E-state index in [1.54, 1.807) is 6.20 Å². The van der Waals surface area contributed by atoms with Gasteiger partial charge in [0.05, 0.1) is 17.0 Å². The van der Waals surface area contributed by atoms with Crippen molar-refractivity contribution in [1.82, 2.24) is 4.98 Å². The van der Waals surface area contributed by atoms with Gasteiger partial charge in [0.2, 0.25) is 0 Å². The van der Waals surface area contributed by atoms with E-state index in [9.17, 15) is 0 Å². The zero-order valence-corrected chi connectivity index (χ0v) is 12.4. The standard InChI is InChI=1S/C11H13Br2N3/c1-8(2)16(5-3-4-14)11-10(13)6-9(12)7-15-11/h6-8H,3,5H2,1-2H3. The van der Waals surface area contributed by atoms with Crippen LogP contribution in [0.4, 0.5) is 5.82 Å². The minimum absolute atomic E-state index is 0.318. The van der Waals surface area contributed by atoms with E-state index < -0.39 is 0 Å². The van der Waals surface area contributed by atoms with Gasteiger partial charge in [-0.2, -0.15) is 5.26 Å². The predicted molar refractivity (Wildman–Crippen MR) is 72.3 cm³/mol. The van der Waals surface area contributed by atoms with Crippen LogP contribution < -0.4 is 4.90 Å². The third kappa shape index (κ3) is 3.46. The van der Waals surface area contributed by atoms with Crippen LogP contribution in [-0.2, 0) is 0 Å². The number of nitriles is 1. The molecule has 0 aliphatic heterocycles. The van der Waals surface area contributed by atoms with Gasteiger partial charge in [0.1, 0.15) is 5.82 Å². The van der Waals surface area contributed by atoms with E-state index in [2.05, 4.69) is 61.7 Å². The van der Waals surface area contributed by atoms with Crippen molar-refractivity contribution in [3.05, 3.63) is 21.2 Å². The Labute approximate surface area is 113 Å². The molecule has 0 saturated carbocycles. The summed E-state index contributed by atoms with van der Waals surface area (Å²) in [6.45, 7) is 4.88. The van der Waals surface area contributed by atoms with Gasteiger partial charge in [0.25, 0.3) is 0 Å². The summed E-state index contributed by atoms with van der Waals surface area (Å²) < 4.78 is 1.88. The van der Waals surface area contributed by atoms with Crippen LogP contribution in [0.25, 0.3) is 0 Å². The van der Waals surface area contributed by atoms with E-state index >= 15 is 0 Å². The molecule has 0 atom stereocenters. The third-order valence-electron chi connectivity index (χ3n) is 2.15. The van der Waals surface area contributed by atoms with Crippen LogP contribution in [-0.4, -0.2) is 17.6 Å². The summed E-state index contributed by atoms with van der Waals surface area (Å²) in [7, 11) is 0. The van der Waals surface area contributed by atoms with Crippen LogP contribution >= 0.6 is 31.9 Å². The molecule has 1 aromatic heterocycles. The summed E-state index contributed by atoms with van der Waals surface area (Å²) in [5.41, 5.74) is 0. The lowest BCUT2D eigenvalue weighted by Gasteiger charge is -2.27. The molecule has 0 bridgehead atoms. The molecule has 0 saturated heterocycles. The van der Waals surface area contributed by atoms with E-state index in [4.69, 9.17) is 5.26 Å². The second-order valence-electron chi connectivity index (χ2n) is 3.65. The quantitative estimate of drug-likeness (QED) is 0.833. The minimum Gasteiger partial charge on any atom is -0.352 e. The number of pyridine rings is 1. The van der Waals surface area contributed by atoms with Crippen LogP contribution in [0.2, 0.25) is 0 Å². The number of hydrogen-bond donors (Lipinski definition) is 0. The van der Waals surface area contributed by atoms with Crippen molar-refractivity contribution in [1.29, 1.82) is 5.26 Å². The molecule has 0 aliphatic rings. The maximum atomic E-state index is 8.64. The lowest BCUT2D eigenvalue weighted by molar-refractivity contribution is 0.675. The summed E-state index contributed by atoms with van der Waals surface area (Å²) in [4.78, 5) is 6.49. The molecule has 86 valence electrons. The maximum Gasteiger partial charge on any atom is 0.143 e. The number of hydrogen-bond acceptors (Lipinski definition) is 3. The fourth-order valence-electron chi connectivity index (χ4n) is 1.40. The summed E-state index contributed by atoms with van der Waals surface area (Å²) >= 11 is 6.86. The molecule has 0 radical (unpaired) electrons. The molecule has 0 spiro atoms. The van der Waals surface area contributed by atoms with Crippen molar-refractivity contribution in [3.63, 3.8) is 0 Å². The monoisotopic (exact) mass is 345 g/mol. The molecule has 1 rings (SSSR count). The van der Waals surface area contributed by atoms with Crippen molar-refractivity contribution in [3.8, 4) is 6.07 Å². The van der Waals surface area contributed by atoms with Crippen LogP contribution in [0.1, 0.15) is 20.3 Å². The second-order valence-corrected chi connectivity index (χ2v) is 5.42. The Morgan fingerprint density at radius 3 is 2.69 bits per heavy atom. The van der Waals surface area contributed by atoms with Gasteiger partial charge in [-0.15, -0.1) is 0 Å². The van der Waals surface area contributed by atoms with Crippen molar-refractivity contribution in [2.24, 2.45) is 0 Å². The first kappa shape index (κ1) is 13.5. The van der Waals surface area contributed by atoms with Gasteiger partial charge in [0, 0.05) is 23.3 Å². The Morgan fingerprint density at radius 2 is 2.19 bits per heavy atom. The van der Waals surface area contributed by atoms with Crippen molar-refractivity contribution in [2.45, 2.75) is 26.3 Å². The predicted octanol–water partition coefficient (Wildman–Crippen LogP) is 3.74. The van der Waals surface area contributed by atoms with Crippen molar-refractivity contribution < 1.29 is 0 Å². The molecule has 0 aromatic carbocycles. The Bertz CT molecular complexity index is 399. The molecule has 5 heteroatoms. The van der Waals surface area contributed by atoms with Gasteiger partial charge in [-0.3, -0.25) is 0 Å². The van der Waals surface area contributed by atoms with E-state index in [1.807, 2.05) is 6.07 Å². The molecule has 1 heterocycles. The van der Waals surface area contributed by atoms with E-state index in [-0.39, 0.29) is 0 Å². The normalized spacial score (nSPS) is 10.2. The number of anilines is 1. The number of nitrogens with zero attached hydrogens (tertiary/aromatic N) is 3. The lowest BCUT2D eigenvalue weighted by Crippen LogP contribution is -2.32. The first-order chi connectivity index (χ1) is 7.56. The van der Waals surface area contributed by atoms with Gasteiger partial charge < -0.3 is 4.90 Å². The summed E-state index contributed by atoms with van der Waals surface area (Å²) in [5, 5.41) is 8.64. The van der Waals surface area contributed by atoms with E-state index in [0.29, 0.717) is 19.0 Å². The highest BCUT2D eigenvalue weighted by Gasteiger charge is 2.14. The van der Waals surface area contributed by atoms with Crippen LogP contribution in [0.15, 0.2) is 21.2 Å². The highest BCUT2D eigenvalue weighted by atomic mass is 79.9. The van der Waals surface area contributed by atoms with Crippen molar-refractivity contribution >= 4 is 37.7 Å². The highest BCUT2D eigenvalue weighted by molar-refractivity contribution is 9.11. The van der Waals surface area contributed by atoms with Crippen LogP contribution in [0.3, 0.4) is 0 Å². The lowest BCUT2D eigenvalue weighted by atomic mass is 10.3. The highest BCUT2D eigenvalue weighted by Crippen LogP contribution is 2.27. The Hall–Kier alpha value is -0.600. The molecule has 0 amide bonds. The third-order valence-corrected chi connectivity index (χ3v) is 3.17. The van der Waals surface area contributed by atoms with Gasteiger partial charge >= 0.3 is 0 Å². The Balaban J connectivity index is 2.97. The molecular formula is C11H13Br2N3. The molecule has 0 aliphatic carbocycles. The number of rotatable bonds is 4. The van der Waals surface area contributed by atoms with E-state index in [1.165, 1.54) is 0 Å². The largest absolute Gasteiger partial charge is 0.352 e. The fourth-order valence-corrected chi connectivity index (χ4v) is 2.61. The first-order valence-corrected chi connectivity index (χ1v) is 6.59. The van der Waals surface area contributed by atoms with Gasteiger partial charge in [-0.1, -0.05) is 0 Å². The fraction of sp³-hybridized carbons (Fsp3) is 0.455. The maximum absolute atomic E-state index is 8.64. The number of aromatic nitrogens is 1. The second kappa shape index (κ2) is 6.21. The summed E-state index contributed by atoms with van der Waals surface area (Å²) in [6.07, 6.45) is 2.27. The van der Waals surface area contributed by atoms with Gasteiger partial charge in [-0.05, 0) is 51.8 Å². The Morgan fingerprint density at radius 1 is 1.50 bits per heavy atom. The van der Waals surface area contributed by atoms with Gasteiger partial charge in [-0.25, -0.2) is 4.98 Å². The molecule has 0 unspecified atom stereocenters. The van der Waals surface area contributed by atoms with Crippen LogP contribution in [0.5, 0.6) is 0 Å². The average Bonchev–Trinajstić information content (AvgIpc) is 2.20. The van der Waals surface area contributed by atoms with Crippen LogP contribution in [0, 0.1) is 11.3 Å². The SMILES string of the molecule is CC(C)N(CCC#N)c1ncc(Br)cc1Br. The molecule has 0 N–H and O–H groups in total. The Kier molecular flexibility index (Phi) is 5.23. The molecular weight excluding hydrogens is 334 g/mol. The van der Waals surface area contributed by atoms with Crippen molar-refractivity contribution in [2.75, 3.05) is 11.4 Å². The molecule has 3 nitrogen and oxygen atoms in total. The van der Waals surface area contributed by atoms with Gasteiger partial charge in [0.15, 0.2) is 0 Å². The average molecular weight is 347 g/mol. The topological polar surface area (TPSA) is 39.9 Å². The molecule has 1 aromatic rings. The molecule has 16 heavy (non-hydrogen) atoms. The first-order valence-electron chi connectivity index (χ1n) is 5.01. The zero-order valence-electron chi connectivity index (χ0n) is 9.24. The molecule has 0 fully saturated rings. The van der Waals surface area contributed by atoms with E-state index in [0.717, 1.165) is 14.8 Å².